The van der Waals surface area contributed by atoms with Crippen LogP contribution in [0.2, 0.25) is 0 Å². The summed E-state index contributed by atoms with van der Waals surface area (Å²) < 4.78 is 13.3. The van der Waals surface area contributed by atoms with Crippen molar-refractivity contribution in [2.45, 2.75) is 25.9 Å². The van der Waals surface area contributed by atoms with Gasteiger partial charge in [0.1, 0.15) is 6.54 Å². The van der Waals surface area contributed by atoms with Gasteiger partial charge in [-0.25, -0.2) is 0 Å². The summed E-state index contributed by atoms with van der Waals surface area (Å²) >= 11 is 1.42. The van der Waals surface area contributed by atoms with E-state index in [1.807, 2.05) is 71.5 Å². The molecule has 0 spiro atoms. The number of nitrogens with zero attached hydrogens (tertiary/aromatic N) is 1. The molecule has 5 rings (SSSR count). The molecule has 1 atom stereocenters. The summed E-state index contributed by atoms with van der Waals surface area (Å²) in [6, 6.07) is 16.9. The molecule has 4 aromatic rings. The van der Waals surface area contributed by atoms with Crippen molar-refractivity contribution in [1.82, 2.24) is 9.88 Å². The van der Waals surface area contributed by atoms with Gasteiger partial charge in [-0.3, -0.25) is 9.59 Å². The van der Waals surface area contributed by atoms with Crippen LogP contribution in [0.25, 0.3) is 10.9 Å². The molecular formula is C26H24N2O4S. The summed E-state index contributed by atoms with van der Waals surface area (Å²) in [5.74, 6) is 1.28. The number of para-hydroxylation sites is 1. The number of carbonyl (C=O) groups is 2. The van der Waals surface area contributed by atoms with E-state index in [9.17, 15) is 9.59 Å². The van der Waals surface area contributed by atoms with Gasteiger partial charge in [-0.15, -0.1) is 11.3 Å². The number of hydrogen-bond acceptors (Lipinski definition) is 5. The molecule has 0 fully saturated rings. The van der Waals surface area contributed by atoms with Crippen molar-refractivity contribution >= 4 is 33.9 Å². The Bertz CT molecular complexity index is 1310. The van der Waals surface area contributed by atoms with Crippen LogP contribution in [0.15, 0.2) is 66.2 Å². The molecular weight excluding hydrogens is 436 g/mol. The van der Waals surface area contributed by atoms with Crippen molar-refractivity contribution in [2.24, 2.45) is 0 Å². The summed E-state index contributed by atoms with van der Waals surface area (Å²) in [4.78, 5) is 26.6. The van der Waals surface area contributed by atoms with E-state index >= 15 is 0 Å². The SMILES string of the molecule is C[C@H](NC(=O)Cn1cc(C(=O)c2cccs2)c2ccccc21)c1ccc2c(c1)OCCCO2. The molecule has 168 valence electrons. The predicted octanol–water partition coefficient (Wildman–Crippen LogP) is 4.97. The van der Waals surface area contributed by atoms with Crippen LogP contribution in [0, 0.1) is 0 Å². The van der Waals surface area contributed by atoms with Crippen LogP contribution >= 0.6 is 11.3 Å². The fourth-order valence-corrected chi connectivity index (χ4v) is 4.75. The van der Waals surface area contributed by atoms with Gasteiger partial charge in [0.25, 0.3) is 0 Å². The molecule has 0 saturated carbocycles. The third kappa shape index (κ3) is 4.36. The summed E-state index contributed by atoms with van der Waals surface area (Å²) in [6.45, 7) is 3.31. The van der Waals surface area contributed by atoms with Crippen molar-refractivity contribution in [2.75, 3.05) is 13.2 Å². The molecule has 33 heavy (non-hydrogen) atoms. The van der Waals surface area contributed by atoms with Crippen molar-refractivity contribution < 1.29 is 19.1 Å². The Kier molecular flexibility index (Phi) is 5.88. The van der Waals surface area contributed by atoms with Crippen molar-refractivity contribution in [3.05, 3.63) is 82.2 Å². The lowest BCUT2D eigenvalue weighted by molar-refractivity contribution is -0.122. The Morgan fingerprint density at radius 2 is 1.88 bits per heavy atom. The molecule has 0 aliphatic carbocycles. The molecule has 0 radical (unpaired) electrons. The van der Waals surface area contributed by atoms with Crippen LogP contribution in [-0.2, 0) is 11.3 Å². The van der Waals surface area contributed by atoms with E-state index in [1.165, 1.54) is 11.3 Å². The normalized spacial score (nSPS) is 14.0. The Morgan fingerprint density at radius 1 is 1.06 bits per heavy atom. The van der Waals surface area contributed by atoms with E-state index in [0.717, 1.165) is 28.6 Å². The number of thiophene rings is 1. The lowest BCUT2D eigenvalue weighted by Crippen LogP contribution is -2.30. The minimum atomic E-state index is -0.205. The molecule has 7 heteroatoms. The van der Waals surface area contributed by atoms with Crippen molar-refractivity contribution in [3.8, 4) is 11.5 Å². The standard InChI is InChI=1S/C26H24N2O4S/c1-17(18-9-10-22-23(14-18)32-12-5-11-31-22)27-25(29)16-28-15-20(19-6-2-3-7-21(19)28)26(30)24-8-4-13-33-24/h2-4,6-10,13-15,17H,5,11-12,16H2,1H3,(H,27,29)/t17-/m0/s1. The molecule has 0 unspecified atom stereocenters. The van der Waals surface area contributed by atoms with Crippen molar-refractivity contribution in [3.63, 3.8) is 0 Å². The van der Waals surface area contributed by atoms with E-state index in [1.54, 1.807) is 6.20 Å². The predicted molar refractivity (Wildman–Crippen MR) is 128 cm³/mol. The molecule has 3 heterocycles. The van der Waals surface area contributed by atoms with Gasteiger partial charge in [0.15, 0.2) is 11.5 Å². The number of amides is 1. The van der Waals surface area contributed by atoms with Crippen LogP contribution in [0.5, 0.6) is 11.5 Å². The van der Waals surface area contributed by atoms with Crippen LogP contribution in [-0.4, -0.2) is 29.5 Å². The molecule has 1 aliphatic rings. The first kappa shape index (κ1) is 21.3. The maximum absolute atomic E-state index is 13.0. The topological polar surface area (TPSA) is 69.6 Å². The van der Waals surface area contributed by atoms with Crippen LogP contribution in [0.1, 0.15) is 40.2 Å². The van der Waals surface area contributed by atoms with Gasteiger partial charge in [0, 0.05) is 29.1 Å². The van der Waals surface area contributed by atoms with E-state index < -0.39 is 0 Å². The third-order valence-corrected chi connectivity index (χ3v) is 6.61. The molecule has 1 aliphatic heterocycles. The van der Waals surface area contributed by atoms with Gasteiger partial charge in [0.2, 0.25) is 11.7 Å². The highest BCUT2D eigenvalue weighted by Crippen LogP contribution is 2.32. The molecule has 0 bridgehead atoms. The first-order chi connectivity index (χ1) is 16.1. The zero-order chi connectivity index (χ0) is 22.8. The number of aromatic nitrogens is 1. The van der Waals surface area contributed by atoms with Gasteiger partial charge >= 0.3 is 0 Å². The number of fused-ring (bicyclic) bond motifs is 2. The molecule has 2 aromatic carbocycles. The fourth-order valence-electron chi connectivity index (χ4n) is 4.07. The molecule has 0 saturated heterocycles. The van der Waals surface area contributed by atoms with Gasteiger partial charge in [-0.2, -0.15) is 0 Å². The Labute approximate surface area is 195 Å². The lowest BCUT2D eigenvalue weighted by atomic mass is 10.1. The maximum Gasteiger partial charge on any atom is 0.240 e. The number of nitrogens with one attached hydrogen (secondary N) is 1. The third-order valence-electron chi connectivity index (χ3n) is 5.74. The largest absolute Gasteiger partial charge is 0.490 e. The van der Waals surface area contributed by atoms with Gasteiger partial charge in [-0.05, 0) is 42.1 Å². The summed E-state index contributed by atoms with van der Waals surface area (Å²) in [5, 5.41) is 5.80. The summed E-state index contributed by atoms with van der Waals surface area (Å²) in [6.07, 6.45) is 2.63. The first-order valence-corrected chi connectivity index (χ1v) is 11.8. The molecule has 1 amide bonds. The Balaban J connectivity index is 1.34. The molecule has 2 aromatic heterocycles. The zero-order valence-corrected chi connectivity index (χ0v) is 19.1. The number of ether oxygens (including phenoxy) is 2. The van der Waals surface area contributed by atoms with Gasteiger partial charge in [-0.1, -0.05) is 30.3 Å². The van der Waals surface area contributed by atoms with Gasteiger partial charge in [0.05, 0.1) is 24.1 Å². The van der Waals surface area contributed by atoms with E-state index in [0.29, 0.717) is 29.4 Å². The Morgan fingerprint density at radius 3 is 2.70 bits per heavy atom. The molecule has 1 N–H and O–H groups in total. The highest BCUT2D eigenvalue weighted by molar-refractivity contribution is 7.12. The second kappa shape index (κ2) is 9.11. The minimum absolute atomic E-state index is 0.0269. The number of rotatable bonds is 6. The second-order valence-electron chi connectivity index (χ2n) is 8.04. The Hall–Kier alpha value is -3.58. The zero-order valence-electron chi connectivity index (χ0n) is 18.2. The number of hydrogen-bond donors (Lipinski definition) is 1. The minimum Gasteiger partial charge on any atom is -0.490 e. The first-order valence-electron chi connectivity index (χ1n) is 10.9. The van der Waals surface area contributed by atoms with Crippen molar-refractivity contribution in [1.29, 1.82) is 0 Å². The second-order valence-corrected chi connectivity index (χ2v) is 8.99. The average Bonchev–Trinajstić information content (AvgIpc) is 3.41. The quantitative estimate of drug-likeness (QED) is 0.413. The van der Waals surface area contributed by atoms with Crippen LogP contribution < -0.4 is 14.8 Å². The molecule has 6 nitrogen and oxygen atoms in total. The highest BCUT2D eigenvalue weighted by atomic mass is 32.1. The lowest BCUT2D eigenvalue weighted by Gasteiger charge is -2.17. The van der Waals surface area contributed by atoms with E-state index in [-0.39, 0.29) is 24.3 Å². The number of carbonyl (C=O) groups excluding carboxylic acids is 2. The van der Waals surface area contributed by atoms with Gasteiger partial charge < -0.3 is 19.4 Å². The monoisotopic (exact) mass is 460 g/mol. The van der Waals surface area contributed by atoms with Crippen LogP contribution in [0.3, 0.4) is 0 Å². The van der Waals surface area contributed by atoms with Crippen LogP contribution in [0.4, 0.5) is 0 Å². The summed E-state index contributed by atoms with van der Waals surface area (Å²) in [7, 11) is 0. The fraction of sp³-hybridized carbons (Fsp3) is 0.231. The average molecular weight is 461 g/mol. The summed E-state index contributed by atoms with van der Waals surface area (Å²) in [5.41, 5.74) is 2.41. The highest BCUT2D eigenvalue weighted by Gasteiger charge is 2.20. The maximum atomic E-state index is 13.0. The number of benzene rings is 2. The van der Waals surface area contributed by atoms with E-state index in [2.05, 4.69) is 5.32 Å². The van der Waals surface area contributed by atoms with E-state index in [4.69, 9.17) is 9.47 Å². The number of ketones is 1. The smallest absolute Gasteiger partial charge is 0.240 e.